The second kappa shape index (κ2) is 8.06. The Balaban J connectivity index is 1.91. The van der Waals surface area contributed by atoms with Crippen LogP contribution in [0.25, 0.3) is 11.8 Å². The highest BCUT2D eigenvalue weighted by molar-refractivity contribution is 6.09. The molecule has 1 amide bonds. The van der Waals surface area contributed by atoms with E-state index in [1.807, 2.05) is 31.2 Å². The molecular formula is C22H17N3O3. The van der Waals surface area contributed by atoms with Crippen molar-refractivity contribution in [2.45, 2.75) is 6.92 Å². The summed E-state index contributed by atoms with van der Waals surface area (Å²) in [4.78, 5) is 23.7. The van der Waals surface area contributed by atoms with Gasteiger partial charge in [-0.3, -0.25) is 4.79 Å². The Hall–Kier alpha value is -4.11. The smallest absolute Gasteiger partial charge is 0.335 e. The lowest BCUT2D eigenvalue weighted by Gasteiger charge is -2.09. The van der Waals surface area contributed by atoms with Gasteiger partial charge in [-0.05, 0) is 61.0 Å². The monoisotopic (exact) mass is 371 g/mol. The number of nitrogens with one attached hydrogen (secondary N) is 1. The highest BCUT2D eigenvalue weighted by Gasteiger charge is 2.12. The number of rotatable bonds is 5. The minimum atomic E-state index is -1.03. The molecule has 0 fully saturated rings. The summed E-state index contributed by atoms with van der Waals surface area (Å²) in [6.45, 7) is 1.91. The van der Waals surface area contributed by atoms with Crippen LogP contribution >= 0.6 is 0 Å². The van der Waals surface area contributed by atoms with E-state index in [1.54, 1.807) is 41.1 Å². The number of carbonyl (C=O) groups is 2. The van der Waals surface area contributed by atoms with Crippen LogP contribution in [0.15, 0.2) is 72.4 Å². The van der Waals surface area contributed by atoms with E-state index in [0.29, 0.717) is 17.1 Å². The third-order valence-corrected chi connectivity index (χ3v) is 4.08. The fourth-order valence-corrected chi connectivity index (χ4v) is 2.75. The molecular weight excluding hydrogens is 354 g/mol. The van der Waals surface area contributed by atoms with Crippen molar-refractivity contribution in [1.82, 2.24) is 4.57 Å². The van der Waals surface area contributed by atoms with Gasteiger partial charge in [-0.15, -0.1) is 0 Å². The predicted molar refractivity (Wildman–Crippen MR) is 106 cm³/mol. The second-order valence-electron chi connectivity index (χ2n) is 6.15. The summed E-state index contributed by atoms with van der Waals surface area (Å²) in [5.41, 5.74) is 2.89. The Morgan fingerprint density at radius 1 is 1.11 bits per heavy atom. The van der Waals surface area contributed by atoms with E-state index in [4.69, 9.17) is 0 Å². The van der Waals surface area contributed by atoms with E-state index < -0.39 is 11.9 Å². The van der Waals surface area contributed by atoms with Crippen molar-refractivity contribution in [2.75, 3.05) is 5.32 Å². The van der Waals surface area contributed by atoms with Crippen molar-refractivity contribution in [3.63, 3.8) is 0 Å². The molecule has 0 aliphatic heterocycles. The third kappa shape index (κ3) is 4.17. The predicted octanol–water partition coefficient (Wildman–Crippen LogP) is 4.03. The minimum Gasteiger partial charge on any atom is -0.478 e. The zero-order valence-corrected chi connectivity index (χ0v) is 15.1. The number of benzene rings is 2. The molecule has 1 heterocycles. The van der Waals surface area contributed by atoms with Crippen LogP contribution in [-0.2, 0) is 4.79 Å². The lowest BCUT2D eigenvalue weighted by Crippen LogP contribution is -2.13. The van der Waals surface area contributed by atoms with Crippen molar-refractivity contribution in [3.05, 3.63) is 89.3 Å². The maximum atomic E-state index is 12.5. The Morgan fingerprint density at radius 2 is 1.89 bits per heavy atom. The number of hydrogen-bond donors (Lipinski definition) is 2. The lowest BCUT2D eigenvalue weighted by atomic mass is 10.1. The highest BCUT2D eigenvalue weighted by Crippen LogP contribution is 2.18. The van der Waals surface area contributed by atoms with Crippen LogP contribution in [0.2, 0.25) is 0 Å². The van der Waals surface area contributed by atoms with Gasteiger partial charge in [0.15, 0.2) is 0 Å². The van der Waals surface area contributed by atoms with E-state index >= 15 is 0 Å². The van der Waals surface area contributed by atoms with Gasteiger partial charge in [0.1, 0.15) is 11.6 Å². The van der Waals surface area contributed by atoms with Crippen molar-refractivity contribution in [1.29, 1.82) is 5.26 Å². The van der Waals surface area contributed by atoms with Crippen LogP contribution in [-0.4, -0.2) is 21.6 Å². The number of carbonyl (C=O) groups excluding carboxylic acids is 1. The number of nitrogens with zero attached hydrogens (tertiary/aromatic N) is 2. The molecule has 0 radical (unpaired) electrons. The number of carboxylic acid groups (broad SMARTS) is 1. The summed E-state index contributed by atoms with van der Waals surface area (Å²) in [6.07, 6.45) is 3.21. The standard InChI is InChI=1S/C22H17N3O3/c1-15-5-2-7-18(11-15)24-21(26)17(14-23)13-20-9-4-10-25(20)19-8-3-6-16(12-19)22(27)28/h2-13H,1H3,(H,24,26)(H,27,28)/b17-13-. The number of nitriles is 1. The first-order valence-corrected chi connectivity index (χ1v) is 8.49. The van der Waals surface area contributed by atoms with Crippen molar-refractivity contribution < 1.29 is 14.7 Å². The van der Waals surface area contributed by atoms with Crippen molar-refractivity contribution in [2.24, 2.45) is 0 Å². The molecule has 0 aliphatic carbocycles. The van der Waals surface area contributed by atoms with E-state index in [0.717, 1.165) is 5.56 Å². The molecule has 3 rings (SSSR count). The average Bonchev–Trinajstić information content (AvgIpc) is 3.14. The number of carboxylic acids is 1. The Bertz CT molecular complexity index is 1120. The van der Waals surface area contributed by atoms with E-state index in [-0.39, 0.29) is 11.1 Å². The molecule has 0 bridgehead atoms. The molecule has 3 aromatic rings. The quantitative estimate of drug-likeness (QED) is 0.523. The number of aromatic nitrogens is 1. The third-order valence-electron chi connectivity index (χ3n) is 4.08. The molecule has 0 saturated heterocycles. The van der Waals surface area contributed by atoms with Gasteiger partial charge in [0.2, 0.25) is 0 Å². The van der Waals surface area contributed by atoms with Crippen LogP contribution in [0, 0.1) is 18.3 Å². The Labute approximate surface area is 162 Å². The van der Waals surface area contributed by atoms with Gasteiger partial charge in [-0.2, -0.15) is 5.26 Å². The summed E-state index contributed by atoms with van der Waals surface area (Å²) in [7, 11) is 0. The van der Waals surface area contributed by atoms with Crippen LogP contribution in [0.1, 0.15) is 21.6 Å². The highest BCUT2D eigenvalue weighted by atomic mass is 16.4. The molecule has 1 aromatic heterocycles. The van der Waals surface area contributed by atoms with Gasteiger partial charge in [-0.1, -0.05) is 18.2 Å². The fourth-order valence-electron chi connectivity index (χ4n) is 2.75. The Kier molecular flexibility index (Phi) is 5.38. The number of aryl methyl sites for hydroxylation is 1. The molecule has 0 aliphatic rings. The average molecular weight is 371 g/mol. The number of aromatic carboxylic acids is 1. The summed E-state index contributed by atoms with van der Waals surface area (Å²) in [5, 5.41) is 21.3. The zero-order chi connectivity index (χ0) is 20.1. The van der Waals surface area contributed by atoms with Gasteiger partial charge in [0, 0.05) is 23.3 Å². The normalized spacial score (nSPS) is 10.9. The molecule has 6 nitrogen and oxygen atoms in total. The summed E-state index contributed by atoms with van der Waals surface area (Å²) < 4.78 is 1.71. The SMILES string of the molecule is Cc1cccc(NC(=O)/C(C#N)=C\c2cccn2-c2cccc(C(=O)O)c2)c1. The molecule has 0 saturated carbocycles. The minimum absolute atomic E-state index is 0.0594. The van der Waals surface area contributed by atoms with Gasteiger partial charge in [-0.25, -0.2) is 4.79 Å². The molecule has 28 heavy (non-hydrogen) atoms. The topological polar surface area (TPSA) is 95.1 Å². The summed E-state index contributed by atoms with van der Waals surface area (Å²) in [6, 6.07) is 19.1. The van der Waals surface area contributed by atoms with Crippen LogP contribution < -0.4 is 5.32 Å². The largest absolute Gasteiger partial charge is 0.478 e. The van der Waals surface area contributed by atoms with Gasteiger partial charge < -0.3 is 15.0 Å². The maximum absolute atomic E-state index is 12.5. The number of amides is 1. The van der Waals surface area contributed by atoms with Gasteiger partial charge in [0.05, 0.1) is 5.56 Å². The van der Waals surface area contributed by atoms with E-state index in [1.165, 1.54) is 18.2 Å². The van der Waals surface area contributed by atoms with E-state index in [2.05, 4.69) is 5.32 Å². The molecule has 0 unspecified atom stereocenters. The second-order valence-corrected chi connectivity index (χ2v) is 6.15. The number of anilines is 1. The van der Waals surface area contributed by atoms with Crippen molar-refractivity contribution in [3.8, 4) is 11.8 Å². The van der Waals surface area contributed by atoms with Crippen LogP contribution in [0.5, 0.6) is 0 Å². The molecule has 138 valence electrons. The molecule has 2 N–H and O–H groups in total. The van der Waals surface area contributed by atoms with Gasteiger partial charge in [0.25, 0.3) is 5.91 Å². The Morgan fingerprint density at radius 3 is 2.61 bits per heavy atom. The summed E-state index contributed by atoms with van der Waals surface area (Å²) in [5.74, 6) is -1.54. The fraction of sp³-hybridized carbons (Fsp3) is 0.0455. The summed E-state index contributed by atoms with van der Waals surface area (Å²) >= 11 is 0. The maximum Gasteiger partial charge on any atom is 0.335 e. The first kappa shape index (κ1) is 18.7. The van der Waals surface area contributed by atoms with Crippen molar-refractivity contribution >= 4 is 23.6 Å². The van der Waals surface area contributed by atoms with E-state index in [9.17, 15) is 20.0 Å². The zero-order valence-electron chi connectivity index (χ0n) is 15.1. The van der Waals surface area contributed by atoms with Crippen LogP contribution in [0.4, 0.5) is 5.69 Å². The first-order chi connectivity index (χ1) is 13.5. The molecule has 2 aromatic carbocycles. The molecule has 0 atom stereocenters. The van der Waals surface area contributed by atoms with Gasteiger partial charge >= 0.3 is 5.97 Å². The first-order valence-electron chi connectivity index (χ1n) is 8.49. The number of hydrogen-bond acceptors (Lipinski definition) is 3. The molecule has 6 heteroatoms. The molecule has 0 spiro atoms. The van der Waals surface area contributed by atoms with Crippen LogP contribution in [0.3, 0.4) is 0 Å². The lowest BCUT2D eigenvalue weighted by molar-refractivity contribution is -0.112.